The first-order valence-electron chi connectivity index (χ1n) is 13.4. The van der Waals surface area contributed by atoms with Gasteiger partial charge < -0.3 is 32.1 Å². The monoisotopic (exact) mass is 765 g/mol. The Balaban J connectivity index is 0.000000308. The molecule has 0 amide bonds. The molecule has 0 bridgehead atoms. The summed E-state index contributed by atoms with van der Waals surface area (Å²) in [6.45, 7) is 0.329. The molecule has 4 rings (SSSR count). The van der Waals surface area contributed by atoms with Crippen molar-refractivity contribution in [1.29, 1.82) is 0 Å². The van der Waals surface area contributed by atoms with Gasteiger partial charge in [0.05, 0.1) is 57.3 Å². The van der Waals surface area contributed by atoms with Gasteiger partial charge in [-0.2, -0.15) is 16.8 Å². The highest BCUT2D eigenvalue weighted by Crippen LogP contribution is 2.39. The molecule has 18 nitrogen and oxygen atoms in total. The summed E-state index contributed by atoms with van der Waals surface area (Å²) >= 11 is 0. The fraction of sp³-hybridized carbons (Fsp3) is 0.185. The number of fused-ring (bicyclic) bond motifs is 1. The Hall–Kier alpha value is -4.42. The summed E-state index contributed by atoms with van der Waals surface area (Å²) in [7, 11) is -17.2. The van der Waals surface area contributed by atoms with Crippen molar-refractivity contribution in [3.05, 3.63) is 66.2 Å². The average molecular weight is 766 g/mol. The zero-order valence-corrected chi connectivity index (χ0v) is 28.5. The molecule has 49 heavy (non-hydrogen) atoms. The number of phenols is 3. The van der Waals surface area contributed by atoms with Crippen LogP contribution in [0.25, 0.3) is 10.8 Å². The van der Waals surface area contributed by atoms with Gasteiger partial charge in [-0.05, 0) is 66.4 Å². The summed E-state index contributed by atoms with van der Waals surface area (Å²) < 4.78 is 115. The van der Waals surface area contributed by atoms with E-state index in [0.717, 1.165) is 42.0 Å². The van der Waals surface area contributed by atoms with Crippen molar-refractivity contribution in [3.63, 3.8) is 0 Å². The highest BCUT2D eigenvalue weighted by atomic mass is 32.3. The Labute approximate surface area is 281 Å². The maximum absolute atomic E-state index is 12.4. The smallest absolute Gasteiger partial charge is 0.397 e. The lowest BCUT2D eigenvalue weighted by molar-refractivity contribution is 0.282. The molecule has 0 aromatic heterocycles. The number of aromatic hydroxyl groups is 3. The highest BCUT2D eigenvalue weighted by molar-refractivity contribution is 7.91. The Morgan fingerprint density at radius 3 is 1.65 bits per heavy atom. The molecule has 4 aromatic carbocycles. The van der Waals surface area contributed by atoms with Crippen LogP contribution in [0, 0.1) is 6.92 Å². The van der Waals surface area contributed by atoms with E-state index in [0.29, 0.717) is 16.5 Å². The van der Waals surface area contributed by atoms with Crippen molar-refractivity contribution in [3.8, 4) is 17.2 Å². The van der Waals surface area contributed by atoms with Crippen LogP contribution >= 0.6 is 0 Å². The summed E-state index contributed by atoms with van der Waals surface area (Å²) in [6.07, 6.45) is 0. The second-order valence-electron chi connectivity index (χ2n) is 10.1. The molecule has 268 valence electrons. The topological polar surface area (TPSA) is 320 Å². The fourth-order valence-electron chi connectivity index (χ4n) is 4.14. The first-order valence-corrected chi connectivity index (χ1v) is 19.4. The molecule has 4 aromatic rings. The predicted octanol–water partition coefficient (Wildman–Crippen LogP) is 2.05. The normalized spacial score (nSPS) is 12.3. The Bertz CT molecular complexity index is 2310. The van der Waals surface area contributed by atoms with E-state index in [-0.39, 0.29) is 44.1 Å². The van der Waals surface area contributed by atoms with Crippen LogP contribution in [0.15, 0.2) is 70.5 Å². The molecule has 0 saturated heterocycles. The maximum atomic E-state index is 12.4. The van der Waals surface area contributed by atoms with Gasteiger partial charge in [0.25, 0.3) is 0 Å². The van der Waals surface area contributed by atoms with Gasteiger partial charge >= 0.3 is 20.8 Å². The van der Waals surface area contributed by atoms with Gasteiger partial charge in [0, 0.05) is 5.39 Å². The van der Waals surface area contributed by atoms with Crippen molar-refractivity contribution >= 4 is 74.0 Å². The van der Waals surface area contributed by atoms with Gasteiger partial charge in [-0.15, -0.1) is 0 Å². The molecule has 0 fully saturated rings. The molecular formula is C27H31N3O15S4. The molecule has 0 atom stereocenters. The van der Waals surface area contributed by atoms with Gasteiger partial charge in [0.15, 0.2) is 19.7 Å². The molecule has 22 heteroatoms. The van der Waals surface area contributed by atoms with Gasteiger partial charge in [-0.25, -0.2) is 25.2 Å². The van der Waals surface area contributed by atoms with Gasteiger partial charge in [0.1, 0.15) is 17.2 Å². The number of benzene rings is 4. The van der Waals surface area contributed by atoms with Crippen molar-refractivity contribution in [2.75, 3.05) is 41.5 Å². The van der Waals surface area contributed by atoms with E-state index in [4.69, 9.17) is 25.7 Å². The summed E-state index contributed by atoms with van der Waals surface area (Å²) in [4.78, 5) is -0.402. The van der Waals surface area contributed by atoms with Crippen LogP contribution in [0.3, 0.4) is 0 Å². The number of anilines is 4. The Kier molecular flexibility index (Phi) is 11.9. The van der Waals surface area contributed by atoms with Crippen molar-refractivity contribution in [1.82, 2.24) is 0 Å². The molecular weight excluding hydrogens is 735 g/mol. The predicted molar refractivity (Wildman–Crippen MR) is 178 cm³/mol. The number of phenolic OH excluding ortho intramolecular Hbond substituents is 3. The van der Waals surface area contributed by atoms with Gasteiger partial charge in [-0.1, -0.05) is 12.1 Å². The Morgan fingerprint density at radius 2 is 1.14 bits per heavy atom. The second kappa shape index (κ2) is 15.0. The van der Waals surface area contributed by atoms with Crippen LogP contribution in [-0.4, -0.2) is 82.8 Å². The van der Waals surface area contributed by atoms with Crippen molar-refractivity contribution in [2.24, 2.45) is 0 Å². The fourth-order valence-corrected chi connectivity index (χ4v) is 7.17. The van der Waals surface area contributed by atoms with E-state index in [9.17, 15) is 43.9 Å². The SMILES string of the molecule is Cc1cc(O)c2c(N)c(Nc3cc(S(=O)(=O)CCOS(=O)(=O)O)ccc3O)ccc2c1.Nc1cc(S(=O)(=O)CCOS(=O)(=O)O)ccc1O. The van der Waals surface area contributed by atoms with Crippen LogP contribution in [0.2, 0.25) is 0 Å². The standard InChI is InChI=1S/C19H20N2O8S2.C8H11NO7S2/c1-11-8-12-2-4-14(19(20)18(12)17(23)9-11)21-15-10-13(3-5-16(15)22)30(24,25)7-6-29-31(26,27)28;9-7-5-6(1-2-8(7)10)17(11,12)4-3-16-18(13,14)15/h2-5,8-10,21-23H,6-7,20H2,1H3,(H,26,27,28);1-2,5,10H,3-4,9H2,(H,13,14,15). The number of sulfone groups is 2. The number of nitrogens with two attached hydrogens (primary N) is 2. The molecule has 0 aliphatic rings. The van der Waals surface area contributed by atoms with E-state index in [1.165, 1.54) is 0 Å². The summed E-state index contributed by atoms with van der Waals surface area (Å²) in [6, 6.07) is 13.4. The Morgan fingerprint density at radius 1 is 0.633 bits per heavy atom. The molecule has 0 radical (unpaired) electrons. The molecule has 0 unspecified atom stereocenters. The van der Waals surface area contributed by atoms with Crippen molar-refractivity contribution < 1.29 is 66.5 Å². The van der Waals surface area contributed by atoms with E-state index in [1.807, 2.05) is 13.0 Å². The third kappa shape index (κ3) is 11.0. The first-order chi connectivity index (χ1) is 22.5. The quantitative estimate of drug-likeness (QED) is 0.0581. The van der Waals surface area contributed by atoms with Crippen molar-refractivity contribution in [2.45, 2.75) is 16.7 Å². The number of hydrogen-bond donors (Lipinski definition) is 8. The van der Waals surface area contributed by atoms with E-state index in [1.54, 1.807) is 18.2 Å². The second-order valence-corrected chi connectivity index (χ2v) is 16.5. The van der Waals surface area contributed by atoms with Crippen LogP contribution < -0.4 is 16.8 Å². The third-order valence-electron chi connectivity index (χ3n) is 6.40. The van der Waals surface area contributed by atoms with E-state index in [2.05, 4.69) is 13.7 Å². The number of nitrogens with one attached hydrogen (secondary N) is 1. The molecule has 0 spiro atoms. The average Bonchev–Trinajstić information content (AvgIpc) is 2.95. The zero-order valence-electron chi connectivity index (χ0n) is 25.2. The van der Waals surface area contributed by atoms with E-state index < -0.39 is 65.2 Å². The molecule has 0 heterocycles. The zero-order chi connectivity index (χ0) is 36.9. The first kappa shape index (κ1) is 39.0. The lowest BCUT2D eigenvalue weighted by Gasteiger charge is -2.15. The molecule has 0 saturated carbocycles. The van der Waals surface area contributed by atoms with Gasteiger partial charge in [-0.3, -0.25) is 9.11 Å². The highest BCUT2D eigenvalue weighted by Gasteiger charge is 2.20. The number of rotatable bonds is 12. The van der Waals surface area contributed by atoms with Crippen LogP contribution in [-0.2, 0) is 48.8 Å². The minimum atomic E-state index is -4.76. The summed E-state index contributed by atoms with van der Waals surface area (Å²) in [5.41, 5.74) is 12.8. The molecule has 0 aliphatic heterocycles. The summed E-state index contributed by atoms with van der Waals surface area (Å²) in [5, 5.41) is 33.5. The maximum Gasteiger partial charge on any atom is 0.397 e. The molecule has 0 aliphatic carbocycles. The minimum absolute atomic E-state index is 0.0180. The van der Waals surface area contributed by atoms with E-state index >= 15 is 0 Å². The van der Waals surface area contributed by atoms with Crippen LogP contribution in [0.5, 0.6) is 17.2 Å². The number of nitrogen functional groups attached to an aromatic ring is 2. The largest absolute Gasteiger partial charge is 0.507 e. The lowest BCUT2D eigenvalue weighted by atomic mass is 10.0. The summed E-state index contributed by atoms with van der Waals surface area (Å²) in [5.74, 6) is -1.92. The van der Waals surface area contributed by atoms with Gasteiger partial charge in [0.2, 0.25) is 0 Å². The number of aryl methyl sites for hydroxylation is 1. The minimum Gasteiger partial charge on any atom is -0.507 e. The van der Waals surface area contributed by atoms with Crippen LogP contribution in [0.1, 0.15) is 5.56 Å². The van der Waals surface area contributed by atoms with Crippen LogP contribution in [0.4, 0.5) is 22.7 Å². The third-order valence-corrected chi connectivity index (χ3v) is 10.7. The molecule has 10 N–H and O–H groups in total. The lowest BCUT2D eigenvalue weighted by Crippen LogP contribution is -2.15. The number of hydrogen-bond acceptors (Lipinski definition) is 16.